The third kappa shape index (κ3) is 3.53. The van der Waals surface area contributed by atoms with E-state index in [4.69, 9.17) is 9.47 Å². The molecule has 150 valence electrons. The van der Waals surface area contributed by atoms with Crippen LogP contribution in [-0.4, -0.2) is 26.4 Å². The zero-order valence-corrected chi connectivity index (χ0v) is 15.4. The van der Waals surface area contributed by atoms with Crippen molar-refractivity contribution in [1.29, 1.82) is 0 Å². The number of para-hydroxylation sites is 2. The molecule has 0 fully saturated rings. The molecule has 0 aliphatic carbocycles. The van der Waals surface area contributed by atoms with Gasteiger partial charge in [0.15, 0.2) is 40.2 Å². The number of ether oxygens (including phenoxy) is 2. The van der Waals surface area contributed by atoms with Crippen LogP contribution in [0.2, 0.25) is 0 Å². The van der Waals surface area contributed by atoms with Gasteiger partial charge < -0.3 is 9.47 Å². The van der Waals surface area contributed by atoms with Gasteiger partial charge in [-0.1, -0.05) is 18.2 Å². The maximum Gasteiger partial charge on any atom is 0.252 e. The van der Waals surface area contributed by atoms with Crippen LogP contribution < -0.4 is 9.47 Å². The van der Waals surface area contributed by atoms with Crippen molar-refractivity contribution < 1.29 is 27.0 Å². The number of halogens is 4. The summed E-state index contributed by atoms with van der Waals surface area (Å²) in [4.78, 5) is 1.63. The predicted molar refractivity (Wildman–Crippen MR) is 93.7 cm³/mol. The maximum atomic E-state index is 14.0. The predicted octanol–water partition coefficient (Wildman–Crippen LogP) is 4.08. The Morgan fingerprint density at radius 3 is 2.48 bits per heavy atom. The fourth-order valence-corrected chi connectivity index (χ4v) is 3.60. The lowest BCUT2D eigenvalue weighted by molar-refractivity contribution is 0.0821. The van der Waals surface area contributed by atoms with Gasteiger partial charge in [-0.15, -0.1) is 16.8 Å². The van der Waals surface area contributed by atoms with Crippen molar-refractivity contribution in [1.82, 2.24) is 19.7 Å². The van der Waals surface area contributed by atoms with Gasteiger partial charge in [0.05, 0.1) is 4.90 Å². The zero-order valence-electron chi connectivity index (χ0n) is 14.6. The van der Waals surface area contributed by atoms with Gasteiger partial charge in [-0.05, 0) is 23.9 Å². The molecule has 0 radical (unpaired) electrons. The molecule has 0 amide bonds. The van der Waals surface area contributed by atoms with Crippen LogP contribution in [0.1, 0.15) is 11.9 Å². The number of allylic oxidation sites excluding steroid dienone is 1. The summed E-state index contributed by atoms with van der Waals surface area (Å²) >= 11 is 0.381. The summed E-state index contributed by atoms with van der Waals surface area (Å²) in [5, 5.41) is 7.91. The Bertz CT molecular complexity index is 1070. The molecule has 0 saturated carbocycles. The van der Waals surface area contributed by atoms with Gasteiger partial charge in [0, 0.05) is 6.54 Å². The van der Waals surface area contributed by atoms with E-state index in [9.17, 15) is 17.6 Å². The lowest BCUT2D eigenvalue weighted by Crippen LogP contribution is -2.25. The normalized spacial score (nSPS) is 15.4. The highest BCUT2D eigenvalue weighted by Gasteiger charge is 2.30. The molecule has 11 heteroatoms. The van der Waals surface area contributed by atoms with E-state index in [2.05, 4.69) is 21.8 Å². The van der Waals surface area contributed by atoms with Crippen LogP contribution in [0.5, 0.6) is 11.5 Å². The van der Waals surface area contributed by atoms with E-state index in [1.807, 2.05) is 0 Å². The first-order valence-electron chi connectivity index (χ1n) is 8.30. The first kappa shape index (κ1) is 19.2. The minimum Gasteiger partial charge on any atom is -0.485 e. The second-order valence-corrected chi connectivity index (χ2v) is 6.83. The van der Waals surface area contributed by atoms with E-state index in [1.54, 1.807) is 24.3 Å². The van der Waals surface area contributed by atoms with Crippen molar-refractivity contribution in [3.8, 4) is 11.5 Å². The summed E-state index contributed by atoms with van der Waals surface area (Å²) in [6.07, 6.45) is 0.849. The number of nitrogens with zero attached hydrogens (tertiary/aromatic N) is 4. The molecule has 2 aromatic heterocycles. The highest BCUT2D eigenvalue weighted by atomic mass is 32.2. The average molecular weight is 424 g/mol. The average Bonchev–Trinajstić information content (AvgIpc) is 3.12. The molecule has 0 bridgehead atoms. The second kappa shape index (κ2) is 7.74. The van der Waals surface area contributed by atoms with E-state index in [1.165, 1.54) is 10.6 Å². The van der Waals surface area contributed by atoms with Crippen LogP contribution in [0.3, 0.4) is 0 Å². The molecule has 1 aliphatic rings. The van der Waals surface area contributed by atoms with E-state index >= 15 is 0 Å². The minimum atomic E-state index is -1.75. The van der Waals surface area contributed by atoms with Gasteiger partial charge in [-0.3, -0.25) is 4.57 Å². The van der Waals surface area contributed by atoms with Gasteiger partial charge >= 0.3 is 0 Å². The number of hydrogen-bond acceptors (Lipinski definition) is 6. The quantitative estimate of drug-likeness (QED) is 0.350. The monoisotopic (exact) mass is 424 g/mol. The van der Waals surface area contributed by atoms with Crippen LogP contribution in [0.4, 0.5) is 17.6 Å². The fourth-order valence-electron chi connectivity index (χ4n) is 2.71. The van der Waals surface area contributed by atoms with Crippen molar-refractivity contribution in [3.63, 3.8) is 0 Å². The summed E-state index contributed by atoms with van der Waals surface area (Å²) in [7, 11) is 0. The molecule has 1 atom stereocenters. The lowest BCUT2D eigenvalue weighted by atomic mass is 10.2. The molecule has 3 heterocycles. The first-order valence-corrected chi connectivity index (χ1v) is 9.11. The van der Waals surface area contributed by atoms with Crippen LogP contribution in [0.25, 0.3) is 0 Å². The lowest BCUT2D eigenvalue weighted by Gasteiger charge is -2.26. The van der Waals surface area contributed by atoms with Gasteiger partial charge in [0.25, 0.3) is 11.9 Å². The Labute approximate surface area is 166 Å². The van der Waals surface area contributed by atoms with E-state index in [-0.39, 0.29) is 18.3 Å². The summed E-state index contributed by atoms with van der Waals surface area (Å²) < 4.78 is 67.8. The van der Waals surface area contributed by atoms with Crippen molar-refractivity contribution >= 4 is 11.8 Å². The standard InChI is InChI=1S/C18H12F4N4O2S/c1-2-7-26-17(11-8-27-9-5-3-4-6-10(9)28-11)24-25-18(26)29-14-12(19)15(21)23-16(22)13(14)20/h2-6,11H,1,7-8H2. The van der Waals surface area contributed by atoms with Gasteiger partial charge in [0.2, 0.25) is 0 Å². The molecule has 29 heavy (non-hydrogen) atoms. The molecular weight excluding hydrogens is 412 g/mol. The largest absolute Gasteiger partial charge is 0.485 e. The number of hydrogen-bond donors (Lipinski definition) is 0. The Morgan fingerprint density at radius 1 is 1.10 bits per heavy atom. The molecule has 0 N–H and O–H groups in total. The van der Waals surface area contributed by atoms with Crippen LogP contribution in [-0.2, 0) is 6.54 Å². The highest BCUT2D eigenvalue weighted by molar-refractivity contribution is 7.99. The molecule has 1 aliphatic heterocycles. The molecule has 1 unspecified atom stereocenters. The van der Waals surface area contributed by atoms with E-state index in [0.717, 1.165) is 0 Å². The molecule has 0 saturated heterocycles. The second-order valence-electron chi connectivity index (χ2n) is 5.86. The summed E-state index contributed by atoms with van der Waals surface area (Å²) in [6, 6.07) is 7.05. The van der Waals surface area contributed by atoms with Gasteiger partial charge in [-0.25, -0.2) is 8.78 Å². The first-order chi connectivity index (χ1) is 14.0. The van der Waals surface area contributed by atoms with Crippen molar-refractivity contribution in [3.05, 3.63) is 66.3 Å². The maximum absolute atomic E-state index is 14.0. The molecular formula is C18H12F4N4O2S. The van der Waals surface area contributed by atoms with Crippen molar-refractivity contribution in [2.24, 2.45) is 0 Å². The minimum absolute atomic E-state index is 0.00911. The fraction of sp³-hybridized carbons (Fsp3) is 0.167. The molecule has 0 spiro atoms. The van der Waals surface area contributed by atoms with E-state index < -0.39 is 34.5 Å². The summed E-state index contributed by atoms with van der Waals surface area (Å²) in [5.74, 6) is -5.35. The number of pyridine rings is 1. The Kier molecular flexibility index (Phi) is 5.14. The smallest absolute Gasteiger partial charge is 0.252 e. The third-order valence-corrected chi connectivity index (χ3v) is 5.05. The Balaban J connectivity index is 1.69. The van der Waals surface area contributed by atoms with Crippen LogP contribution in [0, 0.1) is 23.5 Å². The summed E-state index contributed by atoms with van der Waals surface area (Å²) in [5.41, 5.74) is 0. The topological polar surface area (TPSA) is 62.1 Å². The van der Waals surface area contributed by atoms with Crippen LogP contribution in [0.15, 0.2) is 47.0 Å². The SMILES string of the molecule is C=CCn1c(Sc2c(F)c(F)nc(F)c2F)nnc1C1COc2ccccc2O1. The van der Waals surface area contributed by atoms with Crippen LogP contribution >= 0.6 is 11.8 Å². The molecule has 3 aromatic rings. The highest BCUT2D eigenvalue weighted by Crippen LogP contribution is 2.37. The number of aromatic nitrogens is 4. The Morgan fingerprint density at radius 2 is 1.79 bits per heavy atom. The number of benzene rings is 1. The zero-order chi connectivity index (χ0) is 20.5. The van der Waals surface area contributed by atoms with Gasteiger partial charge in [-0.2, -0.15) is 13.8 Å². The van der Waals surface area contributed by atoms with Crippen molar-refractivity contribution in [2.45, 2.75) is 22.7 Å². The Hall–Kier alpha value is -3.08. The number of rotatable bonds is 5. The summed E-state index contributed by atoms with van der Waals surface area (Å²) in [6.45, 7) is 3.91. The van der Waals surface area contributed by atoms with E-state index in [0.29, 0.717) is 29.1 Å². The number of fused-ring (bicyclic) bond motifs is 1. The van der Waals surface area contributed by atoms with Gasteiger partial charge in [0.1, 0.15) is 6.61 Å². The molecule has 6 nitrogen and oxygen atoms in total. The third-order valence-electron chi connectivity index (χ3n) is 4.00. The van der Waals surface area contributed by atoms with Crippen molar-refractivity contribution in [2.75, 3.05) is 6.61 Å². The molecule has 1 aromatic carbocycles. The molecule has 4 rings (SSSR count).